The van der Waals surface area contributed by atoms with Crippen molar-refractivity contribution in [1.29, 1.82) is 0 Å². The maximum absolute atomic E-state index is 6.68. The van der Waals surface area contributed by atoms with E-state index in [9.17, 15) is 0 Å². The lowest BCUT2D eigenvalue weighted by atomic mass is 9.95. The minimum atomic E-state index is 0.160. The van der Waals surface area contributed by atoms with Gasteiger partial charge in [0.05, 0.1) is 18.4 Å². The Bertz CT molecular complexity index is 1550. The van der Waals surface area contributed by atoms with Gasteiger partial charge in [0.1, 0.15) is 6.61 Å². The highest BCUT2D eigenvalue weighted by Crippen LogP contribution is 2.40. The summed E-state index contributed by atoms with van der Waals surface area (Å²) in [6.07, 6.45) is 11.5. The first-order valence-corrected chi connectivity index (χ1v) is 15.8. The predicted molar refractivity (Wildman–Crippen MR) is 163 cm³/mol. The first kappa shape index (κ1) is 25.5. The zero-order valence-electron chi connectivity index (χ0n) is 24.2. The van der Waals surface area contributed by atoms with Gasteiger partial charge in [-0.05, 0) is 79.9 Å². The van der Waals surface area contributed by atoms with Crippen LogP contribution in [-0.4, -0.2) is 74.8 Å². The van der Waals surface area contributed by atoms with Gasteiger partial charge in [-0.1, -0.05) is 49.7 Å². The summed E-state index contributed by atoms with van der Waals surface area (Å²) in [5, 5.41) is 6.41. The van der Waals surface area contributed by atoms with Gasteiger partial charge < -0.3 is 19.5 Å². The van der Waals surface area contributed by atoms with Crippen molar-refractivity contribution in [1.82, 2.24) is 29.7 Å². The molecule has 4 aliphatic rings. The fourth-order valence-corrected chi connectivity index (χ4v) is 8.18. The average molecular weight is 552 g/mol. The van der Waals surface area contributed by atoms with E-state index in [0.29, 0.717) is 24.6 Å². The number of benzene rings is 2. The lowest BCUT2D eigenvalue weighted by Crippen LogP contribution is -2.51. The van der Waals surface area contributed by atoms with E-state index in [1.54, 1.807) is 0 Å². The molecule has 0 spiro atoms. The number of aromatic nitrogens is 4. The lowest BCUT2D eigenvalue weighted by molar-refractivity contribution is 0.111. The summed E-state index contributed by atoms with van der Waals surface area (Å²) in [6.45, 7) is 7.92. The molecule has 8 rings (SSSR count). The molecule has 4 saturated heterocycles. The third kappa shape index (κ3) is 4.47. The summed E-state index contributed by atoms with van der Waals surface area (Å²) < 4.78 is 8.89. The predicted octanol–water partition coefficient (Wildman–Crippen LogP) is 4.93. The second-order valence-electron chi connectivity index (χ2n) is 12.8. The summed E-state index contributed by atoms with van der Waals surface area (Å²) >= 11 is 0. The Morgan fingerprint density at radius 1 is 0.976 bits per heavy atom. The van der Waals surface area contributed by atoms with Crippen LogP contribution >= 0.6 is 0 Å². The maximum Gasteiger partial charge on any atom is 0.247 e. The molecule has 4 aliphatic heterocycles. The van der Waals surface area contributed by atoms with Crippen LogP contribution in [0.1, 0.15) is 63.0 Å². The molecule has 8 nitrogen and oxygen atoms in total. The number of fused-ring (bicyclic) bond motifs is 5. The third-order valence-electron chi connectivity index (χ3n) is 10.1. The fourth-order valence-electron chi connectivity index (χ4n) is 8.18. The molecule has 0 aliphatic carbocycles. The molecular formula is C33H41N7O. The van der Waals surface area contributed by atoms with Crippen molar-refractivity contribution in [3.8, 4) is 5.88 Å². The van der Waals surface area contributed by atoms with Gasteiger partial charge in [-0.3, -0.25) is 4.90 Å². The highest BCUT2D eigenvalue weighted by molar-refractivity contribution is 5.89. The highest BCUT2D eigenvalue weighted by atomic mass is 16.5. The van der Waals surface area contributed by atoms with Crippen LogP contribution < -0.4 is 15.0 Å². The molecule has 1 N–H and O–H groups in total. The molecule has 8 heteroatoms. The number of hydrogen-bond acceptors (Lipinski definition) is 7. The number of ether oxygens (including phenoxy) is 1. The van der Waals surface area contributed by atoms with Crippen LogP contribution in [0.4, 0.5) is 5.95 Å². The van der Waals surface area contributed by atoms with E-state index in [1.807, 2.05) is 6.33 Å². The van der Waals surface area contributed by atoms with E-state index in [2.05, 4.69) is 63.0 Å². The number of piperazine rings is 1. The van der Waals surface area contributed by atoms with Crippen LogP contribution in [0.2, 0.25) is 0 Å². The van der Waals surface area contributed by atoms with Crippen LogP contribution in [-0.2, 0) is 13.0 Å². The van der Waals surface area contributed by atoms with Crippen LogP contribution in [0, 0.1) is 0 Å². The molecule has 0 saturated carbocycles. The first-order valence-electron chi connectivity index (χ1n) is 15.8. The normalized spacial score (nSPS) is 23.6. The first-order chi connectivity index (χ1) is 20.2. The minimum absolute atomic E-state index is 0.160. The number of aryl methyl sites for hydroxylation is 1. The Labute approximate surface area is 242 Å². The second kappa shape index (κ2) is 10.2. The quantitative estimate of drug-likeness (QED) is 0.333. The third-order valence-corrected chi connectivity index (χ3v) is 10.1. The van der Waals surface area contributed by atoms with Crippen molar-refractivity contribution in [2.75, 3.05) is 37.7 Å². The van der Waals surface area contributed by atoms with Crippen molar-refractivity contribution in [3.05, 3.63) is 53.9 Å². The zero-order chi connectivity index (χ0) is 27.4. The van der Waals surface area contributed by atoms with Crippen molar-refractivity contribution >= 4 is 27.9 Å². The Morgan fingerprint density at radius 3 is 2.49 bits per heavy atom. The fraction of sp³-hybridized carbons (Fsp3) is 0.545. The average Bonchev–Trinajstić information content (AvgIpc) is 3.76. The minimum Gasteiger partial charge on any atom is -0.474 e. The molecule has 2 aromatic carbocycles. The van der Waals surface area contributed by atoms with Gasteiger partial charge in [-0.25, -0.2) is 4.98 Å². The van der Waals surface area contributed by atoms with E-state index in [4.69, 9.17) is 19.7 Å². The molecule has 2 atom stereocenters. The topological polar surface area (TPSA) is 71.3 Å². The Hall–Kier alpha value is -3.23. The van der Waals surface area contributed by atoms with Crippen molar-refractivity contribution < 1.29 is 4.74 Å². The number of rotatable bonds is 8. The van der Waals surface area contributed by atoms with E-state index in [-0.39, 0.29) is 5.54 Å². The van der Waals surface area contributed by atoms with Crippen LogP contribution in [0.5, 0.6) is 5.88 Å². The van der Waals surface area contributed by atoms with Crippen molar-refractivity contribution in [3.63, 3.8) is 0 Å². The van der Waals surface area contributed by atoms with Crippen LogP contribution in [0.25, 0.3) is 21.9 Å². The molecular weight excluding hydrogens is 510 g/mol. The number of imidazole rings is 1. The SMILES string of the molecule is CCCc1cccc2cccc(Cn3cnc4c(OCC56CCCN5CCC6)nc(N5C[C@H]6CC[C@@H](C5)N6)nc43)c12. The van der Waals surface area contributed by atoms with E-state index < -0.39 is 0 Å². The lowest BCUT2D eigenvalue weighted by Gasteiger charge is -2.33. The summed E-state index contributed by atoms with van der Waals surface area (Å²) in [6, 6.07) is 14.4. The summed E-state index contributed by atoms with van der Waals surface area (Å²) in [4.78, 5) is 20.2. The Kier molecular flexibility index (Phi) is 6.37. The molecule has 214 valence electrons. The van der Waals surface area contributed by atoms with Crippen LogP contribution in [0.15, 0.2) is 42.7 Å². The number of anilines is 1. The molecule has 6 heterocycles. The highest BCUT2D eigenvalue weighted by Gasteiger charge is 2.45. The molecule has 41 heavy (non-hydrogen) atoms. The summed E-state index contributed by atoms with van der Waals surface area (Å²) in [7, 11) is 0. The number of nitrogens with zero attached hydrogens (tertiary/aromatic N) is 6. The Morgan fingerprint density at radius 2 is 1.73 bits per heavy atom. The monoisotopic (exact) mass is 551 g/mol. The van der Waals surface area contributed by atoms with E-state index in [1.165, 1.54) is 73.5 Å². The zero-order valence-corrected chi connectivity index (χ0v) is 24.2. The smallest absolute Gasteiger partial charge is 0.247 e. The number of hydrogen-bond donors (Lipinski definition) is 1. The molecule has 2 aromatic heterocycles. The largest absolute Gasteiger partial charge is 0.474 e. The molecule has 4 fully saturated rings. The maximum atomic E-state index is 6.68. The summed E-state index contributed by atoms with van der Waals surface area (Å²) in [5.41, 5.74) is 4.53. The van der Waals surface area contributed by atoms with Crippen LogP contribution in [0.3, 0.4) is 0 Å². The molecule has 0 radical (unpaired) electrons. The molecule has 0 amide bonds. The molecule has 0 unspecified atom stereocenters. The molecule has 4 aromatic rings. The second-order valence-corrected chi connectivity index (χ2v) is 12.8. The van der Waals surface area contributed by atoms with Gasteiger partial charge in [0, 0.05) is 25.2 Å². The van der Waals surface area contributed by atoms with Gasteiger partial charge >= 0.3 is 0 Å². The van der Waals surface area contributed by atoms with Gasteiger partial charge in [0.25, 0.3) is 0 Å². The Balaban J connectivity index is 1.18. The van der Waals surface area contributed by atoms with Crippen molar-refractivity contribution in [2.24, 2.45) is 0 Å². The standard InChI is InChI=1S/C33H41N7O/c1-2-7-23-8-3-9-24-10-4-11-25(28(23)24)18-39-22-34-29-30(39)36-32(38-19-26-12-13-27(20-38)35-26)37-31(29)41-21-33-14-5-16-40(33)17-6-15-33/h3-4,8-11,22,26-27,35H,2,5-7,12-21H2,1H3/t26-,27+. The summed E-state index contributed by atoms with van der Waals surface area (Å²) in [5.74, 6) is 1.43. The number of nitrogens with one attached hydrogen (secondary N) is 1. The van der Waals surface area contributed by atoms with Gasteiger partial charge in [-0.15, -0.1) is 0 Å². The van der Waals surface area contributed by atoms with E-state index in [0.717, 1.165) is 49.6 Å². The van der Waals surface area contributed by atoms with Gasteiger partial charge in [-0.2, -0.15) is 9.97 Å². The van der Waals surface area contributed by atoms with Crippen molar-refractivity contribution in [2.45, 2.75) is 82.5 Å². The van der Waals surface area contributed by atoms with Gasteiger partial charge in [0.2, 0.25) is 11.8 Å². The molecule has 2 bridgehead atoms. The van der Waals surface area contributed by atoms with E-state index >= 15 is 0 Å². The van der Waals surface area contributed by atoms with Gasteiger partial charge in [0.15, 0.2) is 11.2 Å².